The molecular formula is C13H10N5NaO3. The zero-order chi connectivity index (χ0) is 14.8. The average molecular weight is 307 g/mol. The van der Waals surface area contributed by atoms with Crippen LogP contribution in [0.4, 0.5) is 5.95 Å². The van der Waals surface area contributed by atoms with E-state index in [1.54, 1.807) is 30.3 Å². The van der Waals surface area contributed by atoms with Crippen molar-refractivity contribution in [3.8, 4) is 0 Å². The molecule has 2 aromatic heterocycles. The van der Waals surface area contributed by atoms with E-state index in [2.05, 4.69) is 15.0 Å². The molecule has 0 saturated heterocycles. The van der Waals surface area contributed by atoms with Gasteiger partial charge in [-0.1, -0.05) is 18.2 Å². The van der Waals surface area contributed by atoms with Gasteiger partial charge in [0, 0.05) is 12.4 Å². The van der Waals surface area contributed by atoms with Crippen molar-refractivity contribution in [3.63, 3.8) is 0 Å². The van der Waals surface area contributed by atoms with E-state index in [0.717, 1.165) is 4.73 Å². The van der Waals surface area contributed by atoms with Crippen LogP contribution in [0.15, 0.2) is 47.5 Å². The van der Waals surface area contributed by atoms with Crippen LogP contribution >= 0.6 is 0 Å². The molecule has 0 fully saturated rings. The standard InChI is InChI=1S/C13H9N5O3.Na.H/c14-13-17-11(19)9-10(16-7-6-15-9)18(13)21-12(20)8-4-2-1-3-5-8;;/h1-7H,(H2,14,17,19);;. The Labute approximate surface area is 146 Å². The molecule has 22 heavy (non-hydrogen) atoms. The van der Waals surface area contributed by atoms with Gasteiger partial charge >= 0.3 is 41.1 Å². The first-order chi connectivity index (χ1) is 10.2. The second kappa shape index (κ2) is 6.65. The fourth-order valence-corrected chi connectivity index (χ4v) is 1.74. The molecular weight excluding hydrogens is 297 g/mol. The normalized spacial score (nSPS) is 10.0. The van der Waals surface area contributed by atoms with E-state index in [9.17, 15) is 9.59 Å². The number of fused-ring (bicyclic) bond motifs is 1. The number of rotatable bonds is 2. The molecule has 2 heterocycles. The number of nitrogens with zero attached hydrogens (tertiary/aromatic N) is 4. The van der Waals surface area contributed by atoms with Crippen LogP contribution in [-0.4, -0.2) is 55.2 Å². The Bertz CT molecular complexity index is 882. The maximum absolute atomic E-state index is 12.0. The summed E-state index contributed by atoms with van der Waals surface area (Å²) in [6, 6.07) is 8.33. The van der Waals surface area contributed by atoms with Gasteiger partial charge in [-0.15, -0.1) is 4.73 Å². The second-order valence-electron chi connectivity index (χ2n) is 4.04. The molecule has 3 rings (SSSR count). The van der Waals surface area contributed by atoms with Gasteiger partial charge in [0.2, 0.25) is 11.6 Å². The van der Waals surface area contributed by atoms with Gasteiger partial charge in [0.1, 0.15) is 0 Å². The predicted octanol–water partition coefficient (Wildman–Crippen LogP) is -0.611. The molecule has 106 valence electrons. The van der Waals surface area contributed by atoms with E-state index in [0.29, 0.717) is 5.56 Å². The second-order valence-corrected chi connectivity index (χ2v) is 4.04. The van der Waals surface area contributed by atoms with Crippen LogP contribution in [0, 0.1) is 0 Å². The Morgan fingerprint density at radius 2 is 1.82 bits per heavy atom. The number of nitrogen functional groups attached to an aromatic ring is 1. The molecule has 0 saturated carbocycles. The first kappa shape index (κ1) is 16.1. The van der Waals surface area contributed by atoms with Crippen molar-refractivity contribution in [2.45, 2.75) is 0 Å². The summed E-state index contributed by atoms with van der Waals surface area (Å²) in [6.07, 6.45) is 2.69. The zero-order valence-electron chi connectivity index (χ0n) is 10.6. The van der Waals surface area contributed by atoms with Crippen molar-refractivity contribution in [2.75, 3.05) is 5.73 Å². The van der Waals surface area contributed by atoms with Crippen molar-refractivity contribution < 1.29 is 9.63 Å². The topological polar surface area (TPSA) is 113 Å². The summed E-state index contributed by atoms with van der Waals surface area (Å²) in [5.41, 5.74) is 5.30. The number of nitrogens with two attached hydrogens (primary N) is 1. The van der Waals surface area contributed by atoms with Crippen molar-refractivity contribution >= 4 is 52.6 Å². The van der Waals surface area contributed by atoms with Crippen LogP contribution in [0.25, 0.3) is 11.2 Å². The van der Waals surface area contributed by atoms with Gasteiger partial charge in [-0.2, -0.15) is 4.98 Å². The minimum atomic E-state index is -0.653. The Hall–Kier alpha value is -2.29. The number of anilines is 1. The number of carbonyl (C=O) groups is 1. The summed E-state index contributed by atoms with van der Waals surface area (Å²) in [4.78, 5) is 40.2. The summed E-state index contributed by atoms with van der Waals surface area (Å²) in [7, 11) is 0. The van der Waals surface area contributed by atoms with Gasteiger partial charge in [0.05, 0.1) is 5.56 Å². The first-order valence-corrected chi connectivity index (χ1v) is 5.94. The Balaban J connectivity index is 0.00000176. The van der Waals surface area contributed by atoms with Gasteiger partial charge in [-0.05, 0) is 12.1 Å². The maximum atomic E-state index is 12.0. The predicted molar refractivity (Wildman–Crippen MR) is 80.5 cm³/mol. The van der Waals surface area contributed by atoms with Crippen molar-refractivity contribution in [1.29, 1.82) is 0 Å². The SMILES string of the molecule is Nc1nc(=O)c2nccnc2n1OC(=O)c1ccccc1.[NaH]. The molecule has 1 aromatic carbocycles. The number of benzene rings is 1. The van der Waals surface area contributed by atoms with Crippen molar-refractivity contribution in [1.82, 2.24) is 19.7 Å². The van der Waals surface area contributed by atoms with Crippen LogP contribution in [-0.2, 0) is 0 Å². The van der Waals surface area contributed by atoms with Gasteiger partial charge < -0.3 is 10.6 Å². The van der Waals surface area contributed by atoms with Gasteiger partial charge in [-0.25, -0.2) is 14.8 Å². The average Bonchev–Trinajstić information content (AvgIpc) is 2.52. The first-order valence-electron chi connectivity index (χ1n) is 5.94. The third kappa shape index (κ3) is 2.98. The van der Waals surface area contributed by atoms with Crippen molar-refractivity contribution in [3.05, 3.63) is 58.6 Å². The van der Waals surface area contributed by atoms with Gasteiger partial charge in [0.25, 0.3) is 0 Å². The summed E-state index contributed by atoms with van der Waals surface area (Å²) in [5.74, 6) is -0.933. The summed E-state index contributed by atoms with van der Waals surface area (Å²) in [5, 5.41) is 0. The molecule has 9 heteroatoms. The van der Waals surface area contributed by atoms with Crippen LogP contribution in [0.3, 0.4) is 0 Å². The summed E-state index contributed by atoms with van der Waals surface area (Å²) >= 11 is 0. The number of carbonyl (C=O) groups excluding carboxylic acids is 1. The minimum absolute atomic E-state index is 0. The molecule has 0 radical (unpaired) electrons. The van der Waals surface area contributed by atoms with E-state index >= 15 is 0 Å². The van der Waals surface area contributed by atoms with E-state index in [1.807, 2.05) is 0 Å². The molecule has 0 unspecified atom stereocenters. The van der Waals surface area contributed by atoms with E-state index in [1.165, 1.54) is 12.4 Å². The van der Waals surface area contributed by atoms with E-state index in [4.69, 9.17) is 10.6 Å². The van der Waals surface area contributed by atoms with Crippen LogP contribution in [0.1, 0.15) is 10.4 Å². The molecule has 0 aliphatic heterocycles. The van der Waals surface area contributed by atoms with Crippen LogP contribution < -0.4 is 16.1 Å². The quantitative estimate of drug-likeness (QED) is 0.628. The zero-order valence-corrected chi connectivity index (χ0v) is 10.6. The fourth-order valence-electron chi connectivity index (χ4n) is 1.74. The summed E-state index contributed by atoms with van der Waals surface area (Å²) in [6.45, 7) is 0. The molecule has 2 N–H and O–H groups in total. The molecule has 0 atom stereocenters. The molecule has 0 bridgehead atoms. The third-order valence-corrected chi connectivity index (χ3v) is 2.68. The van der Waals surface area contributed by atoms with Crippen LogP contribution in [0.5, 0.6) is 0 Å². The van der Waals surface area contributed by atoms with Gasteiger partial charge in [-0.3, -0.25) is 4.79 Å². The molecule has 0 spiro atoms. The third-order valence-electron chi connectivity index (χ3n) is 2.68. The number of hydrogen-bond acceptors (Lipinski definition) is 7. The monoisotopic (exact) mass is 307 g/mol. The van der Waals surface area contributed by atoms with Gasteiger partial charge in [0.15, 0.2) is 5.52 Å². The van der Waals surface area contributed by atoms with Crippen molar-refractivity contribution in [2.24, 2.45) is 0 Å². The van der Waals surface area contributed by atoms with E-state index in [-0.39, 0.29) is 46.7 Å². The Morgan fingerprint density at radius 1 is 1.14 bits per heavy atom. The molecule has 8 nitrogen and oxygen atoms in total. The molecule has 0 aliphatic carbocycles. The molecule has 3 aromatic rings. The Morgan fingerprint density at radius 3 is 2.55 bits per heavy atom. The Kier molecular flexibility index (Phi) is 4.86. The number of hydrogen-bond donors (Lipinski definition) is 1. The summed E-state index contributed by atoms with van der Waals surface area (Å²) < 4.78 is 0.888. The molecule has 0 aliphatic rings. The van der Waals surface area contributed by atoms with Crippen LogP contribution in [0.2, 0.25) is 0 Å². The number of aromatic nitrogens is 4. The van der Waals surface area contributed by atoms with E-state index < -0.39 is 11.5 Å². The fraction of sp³-hybridized carbons (Fsp3) is 0. The molecule has 0 amide bonds.